The third-order valence-corrected chi connectivity index (χ3v) is 31.5. The molecule has 0 aliphatic heterocycles. The van der Waals surface area contributed by atoms with Crippen molar-refractivity contribution in [1.82, 2.24) is 30.5 Å². The summed E-state index contributed by atoms with van der Waals surface area (Å²) in [5.41, 5.74) is 0. The molecule has 0 saturated heterocycles. The van der Waals surface area contributed by atoms with E-state index >= 15 is 0 Å². The van der Waals surface area contributed by atoms with Gasteiger partial charge in [0.2, 0.25) is 0 Å². The van der Waals surface area contributed by atoms with Crippen molar-refractivity contribution >= 4 is 256 Å². The first-order valence-electron chi connectivity index (χ1n) is 37.1. The molecule has 6 N–H and O–H groups in total. The van der Waals surface area contributed by atoms with E-state index in [2.05, 4.69) is 478 Å². The van der Waals surface area contributed by atoms with Gasteiger partial charge >= 0.3 is 134 Å². The van der Waals surface area contributed by atoms with Crippen LogP contribution in [0.3, 0.4) is 0 Å². The summed E-state index contributed by atoms with van der Waals surface area (Å²) in [6.07, 6.45) is 0. The van der Waals surface area contributed by atoms with Crippen molar-refractivity contribution in [2.24, 2.45) is 0 Å². The first-order chi connectivity index (χ1) is 52.1. The molecule has 123 heavy (non-hydrogen) atoms. The van der Waals surface area contributed by atoms with Crippen LogP contribution in [0.25, 0.3) is 0 Å². The molecule has 677 valence electrons. The Kier molecular flexibility index (Phi) is 87.7. The molecular formula is C90H114Co6F6N6P7Se8+6. The van der Waals surface area contributed by atoms with E-state index in [4.69, 9.17) is 0 Å². The van der Waals surface area contributed by atoms with E-state index in [0.29, 0.717) is 36.3 Å². The van der Waals surface area contributed by atoms with Crippen molar-refractivity contribution in [3.63, 3.8) is 0 Å². The monoisotopic (exact) mass is 2600 g/mol. The van der Waals surface area contributed by atoms with Crippen molar-refractivity contribution in [3.05, 3.63) is 364 Å². The Hall–Kier alpha value is 0.185. The maximum absolute atomic E-state index is 10.7. The fraction of sp³-hybridized carbons (Fsp3) is 0.200. The predicted molar refractivity (Wildman–Crippen MR) is 532 cm³/mol. The molecule has 0 aliphatic carbocycles. The van der Waals surface area contributed by atoms with Gasteiger partial charge < -0.3 is 137 Å². The van der Waals surface area contributed by atoms with Crippen molar-refractivity contribution < 1.29 is 126 Å². The van der Waals surface area contributed by atoms with Gasteiger partial charge in [0.15, 0.2) is 0 Å². The largest absolute Gasteiger partial charge is 3.00 e. The fourth-order valence-electron chi connectivity index (χ4n) is 11.0. The molecule has 0 bridgehead atoms. The SMILES string of the molecule is CC(C)N[PH+](c1ccccc1)c1ccccc1.CC(C)N[PH+](c1ccccc1)c1ccccc1.CC(C)N[PH+](c1ccccc1)c1ccccc1.CC(C)N[PH+](c1ccccc1)c1ccccc1.CC(C)N[PH+](c1ccccc1)c1ccccc1.CC(C)N[PH+](c1ccccc1)c1ccccc1.F[P-](F)(F)(F)(F)F.[Co+2].[Co+3].[Co+3].[Co+3].[Co+3].[Co+3].[Se-2].[Se-2].[Se-2].[Se-2].[Se-2].[Se-2].[Se-2].[Se-2]. The van der Waals surface area contributed by atoms with Gasteiger partial charge in [0, 0.05) is 36.3 Å². The van der Waals surface area contributed by atoms with Crippen molar-refractivity contribution in [1.29, 1.82) is 0 Å². The molecule has 0 amide bonds. The molecule has 0 spiro atoms. The molecule has 0 heterocycles. The molecule has 33 heteroatoms. The van der Waals surface area contributed by atoms with E-state index in [0.717, 1.165) is 0 Å². The summed E-state index contributed by atoms with van der Waals surface area (Å²) in [6, 6.07) is 132. The number of benzene rings is 12. The summed E-state index contributed by atoms with van der Waals surface area (Å²) >= 11 is 0. The first kappa shape index (κ1) is 141. The van der Waals surface area contributed by atoms with E-state index < -0.39 is 56.2 Å². The third-order valence-electron chi connectivity index (χ3n) is 15.3. The number of hydrogen-bond donors (Lipinski definition) is 6. The minimum absolute atomic E-state index is 0. The molecule has 0 aromatic heterocycles. The summed E-state index contributed by atoms with van der Waals surface area (Å²) in [7, 11) is -15.8. The molecular weight excluding hydrogens is 2480 g/mol. The summed E-state index contributed by atoms with van der Waals surface area (Å²) in [6.45, 7) is 26.5. The Morgan fingerprint density at radius 1 is 0.163 bits per heavy atom. The first-order valence-corrected chi connectivity index (χ1v) is 48.1. The Labute approximate surface area is 885 Å². The van der Waals surface area contributed by atoms with Gasteiger partial charge in [0.1, 0.15) is 112 Å². The van der Waals surface area contributed by atoms with Crippen LogP contribution in [0.5, 0.6) is 0 Å². The Morgan fingerprint density at radius 3 is 0.268 bits per heavy atom. The Balaban J connectivity index is -0.000000174. The van der Waals surface area contributed by atoms with Crippen LogP contribution in [0.4, 0.5) is 25.2 Å². The maximum atomic E-state index is 9.87. The van der Waals surface area contributed by atoms with E-state index in [1.165, 1.54) is 63.7 Å². The molecule has 1 radical (unpaired) electrons. The summed E-state index contributed by atoms with van der Waals surface area (Å²) in [5, 5.41) is 39.3. The normalized spacial score (nSPS) is 10.5. The van der Waals surface area contributed by atoms with Crippen molar-refractivity contribution in [2.45, 2.75) is 119 Å². The van der Waals surface area contributed by atoms with Gasteiger partial charge in [0.05, 0.1) is 0 Å². The standard InChI is InChI=1S/6C15H18NP.6Co.F6P.8Se/c6*1-13(2)16-17(14-9-5-3-6-10-14)15-11-7-4-8-12-15;;;;;;;1-7(2,3,4,5)6;;;;;;;;/h6*3-13,16H,1-2H3;;;;;;;;;;;;;;;/q;;;;;;+2;5*+3;-1;8*-2/p+6. The number of nitrogens with one attached hydrogen (secondary N) is 6. The van der Waals surface area contributed by atoms with E-state index in [1.807, 2.05) is 0 Å². The number of rotatable bonds is 24. The van der Waals surface area contributed by atoms with Gasteiger partial charge in [-0.1, -0.05) is 218 Å². The minimum Gasteiger partial charge on any atom is -2.00 e. The molecule has 12 rings (SSSR count). The molecule has 6 nitrogen and oxygen atoms in total. The van der Waals surface area contributed by atoms with Crippen LogP contribution < -0.4 is 94.2 Å². The molecule has 0 atom stereocenters. The number of halogens is 6. The van der Waals surface area contributed by atoms with Crippen LogP contribution in [-0.4, -0.2) is 173 Å². The fourth-order valence-corrected chi connectivity index (χ4v) is 24.8. The van der Waals surface area contributed by atoms with Gasteiger partial charge in [-0.05, 0) is 229 Å². The van der Waals surface area contributed by atoms with Crippen LogP contribution in [0.2, 0.25) is 0 Å². The average Bonchev–Trinajstić information content (AvgIpc) is 0.789. The average molecular weight is 2600 g/mol. The van der Waals surface area contributed by atoms with Crippen molar-refractivity contribution in [2.75, 3.05) is 0 Å². The van der Waals surface area contributed by atoms with Crippen LogP contribution in [-0.2, 0) is 101 Å². The Morgan fingerprint density at radius 2 is 0.220 bits per heavy atom. The zero-order chi connectivity index (χ0) is 78.9. The van der Waals surface area contributed by atoms with Crippen LogP contribution in [0, 0.1) is 0 Å². The smallest absolute Gasteiger partial charge is 2.00 e. The minimum atomic E-state index is -10.7. The van der Waals surface area contributed by atoms with Crippen LogP contribution >= 0.6 is 56.2 Å². The van der Waals surface area contributed by atoms with Crippen LogP contribution in [0.1, 0.15) is 83.1 Å². The van der Waals surface area contributed by atoms with Gasteiger partial charge in [-0.15, -0.1) is 0 Å². The summed E-state index contributed by atoms with van der Waals surface area (Å²) in [4.78, 5) is 0. The van der Waals surface area contributed by atoms with Crippen LogP contribution in [0.15, 0.2) is 364 Å². The van der Waals surface area contributed by atoms with E-state index in [9.17, 15) is 25.2 Å². The van der Waals surface area contributed by atoms with E-state index in [-0.39, 0.29) is 237 Å². The predicted octanol–water partition coefficient (Wildman–Crippen LogP) is 16.9. The number of hydrogen-bond acceptors (Lipinski definition) is 6. The topological polar surface area (TPSA) is 72.2 Å². The molecule has 0 fully saturated rings. The van der Waals surface area contributed by atoms with Gasteiger partial charge in [-0.3, -0.25) is 0 Å². The zero-order valence-electron chi connectivity index (χ0n) is 70.1. The maximum Gasteiger partial charge on any atom is 3.00 e. The quantitative estimate of drug-likeness (QED) is 0.0206. The van der Waals surface area contributed by atoms with E-state index in [1.54, 1.807) is 0 Å². The van der Waals surface area contributed by atoms with Crippen molar-refractivity contribution in [3.8, 4) is 0 Å². The summed E-state index contributed by atoms with van der Waals surface area (Å²) in [5.74, 6) is 0. The second kappa shape index (κ2) is 76.5. The van der Waals surface area contributed by atoms with Gasteiger partial charge in [-0.25, -0.2) is 0 Å². The summed E-state index contributed by atoms with van der Waals surface area (Å²) < 4.78 is 59.2. The third kappa shape index (κ3) is 62.4. The van der Waals surface area contributed by atoms with Gasteiger partial charge in [-0.2, -0.15) is 30.5 Å². The molecule has 12 aromatic rings. The second-order valence-electron chi connectivity index (χ2n) is 27.4. The molecule has 0 aliphatic rings. The molecule has 0 unspecified atom stereocenters. The molecule has 0 saturated carbocycles. The van der Waals surface area contributed by atoms with Gasteiger partial charge in [0.25, 0.3) is 0 Å². The second-order valence-corrected chi connectivity index (χ2v) is 42.5. The zero-order valence-corrected chi connectivity index (χ0v) is 96.9. The molecule has 12 aromatic carbocycles. The Bertz CT molecular complexity index is 3430.